The van der Waals surface area contributed by atoms with Crippen LogP contribution in [0.4, 0.5) is 0 Å². The Bertz CT molecular complexity index is 93.3. The third-order valence-corrected chi connectivity index (χ3v) is 2.09. The molecule has 0 aliphatic carbocycles. The molecule has 0 radical (unpaired) electrons. The lowest BCUT2D eigenvalue weighted by Gasteiger charge is -2.09. The van der Waals surface area contributed by atoms with E-state index < -0.39 is 0 Å². The summed E-state index contributed by atoms with van der Waals surface area (Å²) in [6.45, 7) is 3.48. The van der Waals surface area contributed by atoms with Gasteiger partial charge in [-0.3, -0.25) is 0 Å². The van der Waals surface area contributed by atoms with E-state index in [1.807, 2.05) is 0 Å². The van der Waals surface area contributed by atoms with Gasteiger partial charge in [0.1, 0.15) is 0 Å². The highest BCUT2D eigenvalue weighted by molar-refractivity contribution is 4.73. The molecule has 0 aromatic carbocycles. The summed E-state index contributed by atoms with van der Waals surface area (Å²) in [6.07, 6.45) is 3.36. The molecule has 1 N–H and O–H groups in total. The second-order valence-corrected chi connectivity index (χ2v) is 3.01. The minimum absolute atomic E-state index is 0.188. The molecule has 0 aromatic heterocycles. The summed E-state index contributed by atoms with van der Waals surface area (Å²) >= 11 is 0. The number of hydrogen-bond acceptors (Lipinski definition) is 2. The summed E-state index contributed by atoms with van der Waals surface area (Å²) in [6, 6.07) is 0. The molecule has 1 heterocycles. The topological polar surface area (TPSA) is 29.5 Å². The van der Waals surface area contributed by atoms with Crippen LogP contribution in [-0.2, 0) is 4.74 Å². The maximum Gasteiger partial charge on any atom is 0.0823 e. The first-order valence-corrected chi connectivity index (χ1v) is 4.10. The van der Waals surface area contributed by atoms with Crippen molar-refractivity contribution in [2.45, 2.75) is 32.3 Å². The number of hydrogen-bond donors (Lipinski definition) is 1. The molecule has 1 rings (SSSR count). The third-order valence-electron chi connectivity index (χ3n) is 2.09. The summed E-state index contributed by atoms with van der Waals surface area (Å²) in [5, 5.41) is 9.29. The van der Waals surface area contributed by atoms with Crippen molar-refractivity contribution in [3.63, 3.8) is 0 Å². The van der Waals surface area contributed by atoms with Gasteiger partial charge in [-0.25, -0.2) is 0 Å². The monoisotopic (exact) mass is 144 g/mol. The third kappa shape index (κ3) is 1.96. The predicted molar refractivity (Wildman–Crippen MR) is 39.8 cm³/mol. The molecule has 60 valence electrons. The summed E-state index contributed by atoms with van der Waals surface area (Å²) in [7, 11) is 0. The van der Waals surface area contributed by atoms with Gasteiger partial charge in [0.25, 0.3) is 0 Å². The van der Waals surface area contributed by atoms with Crippen molar-refractivity contribution in [1.82, 2.24) is 0 Å². The number of rotatable bonds is 3. The molecule has 1 aliphatic heterocycles. The maximum absolute atomic E-state index is 9.29. The molecule has 1 fully saturated rings. The molecule has 0 bridgehead atoms. The Kier molecular flexibility index (Phi) is 3.16. The van der Waals surface area contributed by atoms with Gasteiger partial charge in [-0.2, -0.15) is 0 Å². The van der Waals surface area contributed by atoms with E-state index in [2.05, 4.69) is 6.92 Å². The van der Waals surface area contributed by atoms with Crippen molar-refractivity contribution in [1.29, 1.82) is 0 Å². The van der Waals surface area contributed by atoms with Crippen LogP contribution in [0.1, 0.15) is 26.2 Å². The van der Waals surface area contributed by atoms with Gasteiger partial charge in [0.2, 0.25) is 0 Å². The van der Waals surface area contributed by atoms with Crippen molar-refractivity contribution >= 4 is 0 Å². The lowest BCUT2D eigenvalue weighted by atomic mass is 9.99. The highest BCUT2D eigenvalue weighted by Gasteiger charge is 2.24. The van der Waals surface area contributed by atoms with Gasteiger partial charge in [-0.05, 0) is 6.42 Å². The van der Waals surface area contributed by atoms with Crippen molar-refractivity contribution in [3.05, 3.63) is 0 Å². The van der Waals surface area contributed by atoms with Crippen LogP contribution >= 0.6 is 0 Å². The van der Waals surface area contributed by atoms with Crippen LogP contribution in [0.15, 0.2) is 0 Å². The molecular formula is C8H16O2. The van der Waals surface area contributed by atoms with Crippen LogP contribution < -0.4 is 0 Å². The first-order chi connectivity index (χ1) is 4.84. The molecule has 1 saturated heterocycles. The Labute approximate surface area is 62.2 Å². The highest BCUT2D eigenvalue weighted by Crippen LogP contribution is 2.19. The van der Waals surface area contributed by atoms with Gasteiger partial charge in [0.05, 0.1) is 19.3 Å². The average molecular weight is 144 g/mol. The smallest absolute Gasteiger partial charge is 0.0823 e. The summed E-state index contributed by atoms with van der Waals surface area (Å²) in [5.41, 5.74) is 0. The summed E-state index contributed by atoms with van der Waals surface area (Å²) in [4.78, 5) is 0. The van der Waals surface area contributed by atoms with Crippen LogP contribution in [0.25, 0.3) is 0 Å². The molecule has 0 unspecified atom stereocenters. The molecule has 2 nitrogen and oxygen atoms in total. The van der Waals surface area contributed by atoms with Crippen LogP contribution in [-0.4, -0.2) is 24.4 Å². The van der Waals surface area contributed by atoms with Gasteiger partial charge in [0.15, 0.2) is 0 Å². The van der Waals surface area contributed by atoms with Crippen molar-refractivity contribution in [2.24, 2.45) is 5.92 Å². The summed E-state index contributed by atoms with van der Waals surface area (Å²) in [5.74, 6) is 0.417. The Balaban J connectivity index is 2.14. The van der Waals surface area contributed by atoms with Crippen LogP contribution in [0, 0.1) is 5.92 Å². The first-order valence-electron chi connectivity index (χ1n) is 4.10. The number of unbranched alkanes of at least 4 members (excludes halogenated alkanes) is 1. The molecule has 0 spiro atoms. The van der Waals surface area contributed by atoms with E-state index in [4.69, 9.17) is 4.74 Å². The maximum atomic E-state index is 9.29. The van der Waals surface area contributed by atoms with E-state index in [1.54, 1.807) is 0 Å². The molecule has 0 aromatic rings. The molecular weight excluding hydrogens is 128 g/mol. The zero-order valence-corrected chi connectivity index (χ0v) is 6.55. The van der Waals surface area contributed by atoms with Crippen LogP contribution in [0.5, 0.6) is 0 Å². The Morgan fingerprint density at radius 3 is 2.80 bits per heavy atom. The molecule has 2 heteroatoms. The SMILES string of the molecule is CCCC[C@@H]1COC[C@H]1O. The molecule has 0 saturated carbocycles. The fraction of sp³-hybridized carbons (Fsp3) is 1.00. The van der Waals surface area contributed by atoms with Crippen molar-refractivity contribution in [2.75, 3.05) is 13.2 Å². The Morgan fingerprint density at radius 2 is 2.30 bits per heavy atom. The van der Waals surface area contributed by atoms with E-state index in [-0.39, 0.29) is 6.10 Å². The lowest BCUT2D eigenvalue weighted by molar-refractivity contribution is 0.116. The lowest BCUT2D eigenvalue weighted by Crippen LogP contribution is -2.17. The number of ether oxygens (including phenoxy) is 1. The highest BCUT2D eigenvalue weighted by atomic mass is 16.5. The number of aliphatic hydroxyl groups is 1. The molecule has 1 aliphatic rings. The molecule has 2 atom stereocenters. The van der Waals surface area contributed by atoms with Gasteiger partial charge in [-0.15, -0.1) is 0 Å². The van der Waals surface area contributed by atoms with Gasteiger partial charge < -0.3 is 9.84 Å². The van der Waals surface area contributed by atoms with Gasteiger partial charge in [-0.1, -0.05) is 19.8 Å². The second-order valence-electron chi connectivity index (χ2n) is 3.01. The quantitative estimate of drug-likeness (QED) is 0.644. The van der Waals surface area contributed by atoms with Crippen molar-refractivity contribution in [3.8, 4) is 0 Å². The van der Waals surface area contributed by atoms with E-state index in [0.29, 0.717) is 12.5 Å². The summed E-state index contributed by atoms with van der Waals surface area (Å²) < 4.78 is 5.12. The van der Waals surface area contributed by atoms with Gasteiger partial charge >= 0.3 is 0 Å². The minimum atomic E-state index is -0.188. The zero-order valence-electron chi connectivity index (χ0n) is 6.55. The average Bonchev–Trinajstić information content (AvgIpc) is 2.31. The Morgan fingerprint density at radius 1 is 1.50 bits per heavy atom. The zero-order chi connectivity index (χ0) is 7.40. The first kappa shape index (κ1) is 8.02. The number of aliphatic hydroxyl groups excluding tert-OH is 1. The normalized spacial score (nSPS) is 33.0. The standard InChI is InChI=1S/C8H16O2/c1-2-3-4-7-5-10-6-8(7)9/h7-9H,2-6H2,1H3/t7-,8-/m1/s1. The molecule has 0 amide bonds. The minimum Gasteiger partial charge on any atom is -0.390 e. The fourth-order valence-corrected chi connectivity index (χ4v) is 1.33. The van der Waals surface area contributed by atoms with E-state index >= 15 is 0 Å². The fourth-order valence-electron chi connectivity index (χ4n) is 1.33. The Hall–Kier alpha value is -0.0800. The predicted octanol–water partition coefficient (Wildman–Crippen LogP) is 1.18. The van der Waals surface area contributed by atoms with Crippen LogP contribution in [0.2, 0.25) is 0 Å². The molecule has 10 heavy (non-hydrogen) atoms. The largest absolute Gasteiger partial charge is 0.390 e. The van der Waals surface area contributed by atoms with E-state index in [0.717, 1.165) is 13.0 Å². The van der Waals surface area contributed by atoms with E-state index in [9.17, 15) is 5.11 Å². The van der Waals surface area contributed by atoms with Crippen molar-refractivity contribution < 1.29 is 9.84 Å². The van der Waals surface area contributed by atoms with Gasteiger partial charge in [0, 0.05) is 5.92 Å². The van der Waals surface area contributed by atoms with E-state index in [1.165, 1.54) is 12.8 Å². The van der Waals surface area contributed by atoms with Crippen LogP contribution in [0.3, 0.4) is 0 Å². The second kappa shape index (κ2) is 3.94.